The molecule has 2 amide bonds. The first-order valence-electron chi connectivity index (χ1n) is 7.26. The summed E-state index contributed by atoms with van der Waals surface area (Å²) in [6, 6.07) is 4.13. The fourth-order valence-electron chi connectivity index (χ4n) is 2.68. The number of rotatable bonds is 4. The first kappa shape index (κ1) is 15.8. The highest BCUT2D eigenvalue weighted by molar-refractivity contribution is 7.10. The lowest BCUT2D eigenvalue weighted by molar-refractivity contribution is -0.138. The number of piperidine rings is 1. The molecule has 0 radical (unpaired) electrons. The molecule has 0 aromatic carbocycles. The van der Waals surface area contributed by atoms with Gasteiger partial charge in [0.25, 0.3) is 0 Å². The zero-order valence-electron chi connectivity index (χ0n) is 12.5. The number of carbonyl (C=O) groups is 2. The van der Waals surface area contributed by atoms with E-state index in [2.05, 4.69) is 0 Å². The highest BCUT2D eigenvalue weighted by Crippen LogP contribution is 2.26. The van der Waals surface area contributed by atoms with Gasteiger partial charge in [-0.05, 0) is 37.1 Å². The maximum absolute atomic E-state index is 12.5. The van der Waals surface area contributed by atoms with Crippen LogP contribution in [-0.2, 0) is 4.79 Å². The van der Waals surface area contributed by atoms with Crippen LogP contribution in [0.1, 0.15) is 37.1 Å². The van der Waals surface area contributed by atoms with E-state index in [-0.39, 0.29) is 24.4 Å². The molecule has 6 heteroatoms. The second-order valence-electron chi connectivity index (χ2n) is 5.61. The third-order valence-corrected chi connectivity index (χ3v) is 5.23. The highest BCUT2D eigenvalue weighted by atomic mass is 32.1. The second-order valence-corrected chi connectivity index (χ2v) is 6.59. The minimum atomic E-state index is -0.747. The first-order valence-corrected chi connectivity index (χ1v) is 8.14. The van der Waals surface area contributed by atoms with Crippen LogP contribution in [0.3, 0.4) is 0 Å². The number of likely N-dealkylation sites (tertiary alicyclic amines) is 1. The van der Waals surface area contributed by atoms with Crippen molar-refractivity contribution in [2.24, 2.45) is 5.92 Å². The summed E-state index contributed by atoms with van der Waals surface area (Å²) < 4.78 is 0. The molecule has 5 nitrogen and oxygen atoms in total. The van der Waals surface area contributed by atoms with Gasteiger partial charge in [-0.1, -0.05) is 6.07 Å². The Morgan fingerprint density at radius 3 is 2.67 bits per heavy atom. The number of urea groups is 1. The van der Waals surface area contributed by atoms with Gasteiger partial charge in [0.1, 0.15) is 0 Å². The van der Waals surface area contributed by atoms with Crippen molar-refractivity contribution in [2.75, 3.05) is 20.1 Å². The van der Waals surface area contributed by atoms with Crippen molar-refractivity contribution < 1.29 is 14.7 Å². The van der Waals surface area contributed by atoms with E-state index in [4.69, 9.17) is 5.11 Å². The van der Waals surface area contributed by atoms with Crippen molar-refractivity contribution in [2.45, 2.75) is 32.2 Å². The molecule has 1 N–H and O–H groups in total. The van der Waals surface area contributed by atoms with Gasteiger partial charge in [-0.15, -0.1) is 11.3 Å². The van der Waals surface area contributed by atoms with Crippen molar-refractivity contribution in [3.63, 3.8) is 0 Å². The molecule has 0 bridgehead atoms. The molecule has 21 heavy (non-hydrogen) atoms. The van der Waals surface area contributed by atoms with Crippen LogP contribution in [-0.4, -0.2) is 47.0 Å². The third kappa shape index (κ3) is 3.97. The highest BCUT2D eigenvalue weighted by Gasteiger charge is 2.28. The van der Waals surface area contributed by atoms with Crippen LogP contribution in [0.25, 0.3) is 0 Å². The van der Waals surface area contributed by atoms with Gasteiger partial charge in [0, 0.05) is 31.4 Å². The van der Waals surface area contributed by atoms with Crippen molar-refractivity contribution in [3.8, 4) is 0 Å². The molecule has 1 unspecified atom stereocenters. The van der Waals surface area contributed by atoms with Crippen LogP contribution in [0.5, 0.6) is 0 Å². The molecule has 2 rings (SSSR count). The standard InChI is InChI=1S/C15H22N2O3S/c1-11(13-4-3-9-21-13)16(2)15(20)17-7-5-12(6-8-17)10-14(18)19/h3-4,9,11-12H,5-8,10H2,1-2H3,(H,18,19). The summed E-state index contributed by atoms with van der Waals surface area (Å²) in [5, 5.41) is 10.8. The zero-order chi connectivity index (χ0) is 15.4. The molecule has 2 heterocycles. The summed E-state index contributed by atoms with van der Waals surface area (Å²) in [5.74, 6) is -0.546. The number of hydrogen-bond acceptors (Lipinski definition) is 3. The molecule has 1 aromatic rings. The lowest BCUT2D eigenvalue weighted by Crippen LogP contribution is -2.46. The monoisotopic (exact) mass is 310 g/mol. The van der Waals surface area contributed by atoms with Gasteiger partial charge < -0.3 is 14.9 Å². The van der Waals surface area contributed by atoms with Crippen LogP contribution in [0, 0.1) is 5.92 Å². The fraction of sp³-hybridized carbons (Fsp3) is 0.600. The zero-order valence-corrected chi connectivity index (χ0v) is 13.3. The molecule has 1 aliphatic heterocycles. The lowest BCUT2D eigenvalue weighted by atomic mass is 9.94. The Bertz CT molecular complexity index is 481. The van der Waals surface area contributed by atoms with Gasteiger partial charge >= 0.3 is 12.0 Å². The fourth-order valence-corrected chi connectivity index (χ4v) is 3.51. The smallest absolute Gasteiger partial charge is 0.320 e. The largest absolute Gasteiger partial charge is 0.481 e. The van der Waals surface area contributed by atoms with E-state index < -0.39 is 5.97 Å². The molecule has 1 fully saturated rings. The van der Waals surface area contributed by atoms with Crippen molar-refractivity contribution >= 4 is 23.3 Å². The van der Waals surface area contributed by atoms with E-state index in [1.165, 1.54) is 4.88 Å². The number of carboxylic acid groups (broad SMARTS) is 1. The molecule has 116 valence electrons. The summed E-state index contributed by atoms with van der Waals surface area (Å²) in [6.45, 7) is 3.33. The topological polar surface area (TPSA) is 60.9 Å². The summed E-state index contributed by atoms with van der Waals surface area (Å²) in [6.07, 6.45) is 1.77. The van der Waals surface area contributed by atoms with Crippen molar-refractivity contribution in [1.82, 2.24) is 9.80 Å². The van der Waals surface area contributed by atoms with E-state index in [0.29, 0.717) is 13.1 Å². The van der Waals surface area contributed by atoms with Crippen LogP contribution in [0.2, 0.25) is 0 Å². The van der Waals surface area contributed by atoms with Crippen molar-refractivity contribution in [3.05, 3.63) is 22.4 Å². The Hall–Kier alpha value is -1.56. The summed E-state index contributed by atoms with van der Waals surface area (Å²) in [5.41, 5.74) is 0. The Labute approximate surface area is 129 Å². The maximum atomic E-state index is 12.5. The minimum Gasteiger partial charge on any atom is -0.481 e. The van der Waals surface area contributed by atoms with E-state index >= 15 is 0 Å². The number of hydrogen-bond donors (Lipinski definition) is 1. The summed E-state index contributed by atoms with van der Waals surface area (Å²) in [7, 11) is 1.83. The van der Waals surface area contributed by atoms with Gasteiger partial charge in [0.05, 0.1) is 6.04 Å². The van der Waals surface area contributed by atoms with Crippen LogP contribution in [0.15, 0.2) is 17.5 Å². The van der Waals surface area contributed by atoms with Crippen LogP contribution >= 0.6 is 11.3 Å². The molecule has 1 aliphatic rings. The van der Waals surface area contributed by atoms with Gasteiger partial charge in [-0.2, -0.15) is 0 Å². The van der Waals surface area contributed by atoms with Crippen LogP contribution in [0.4, 0.5) is 4.79 Å². The normalized spacial score (nSPS) is 17.5. The average Bonchev–Trinajstić information content (AvgIpc) is 2.99. The molecule has 1 saturated heterocycles. The van der Waals surface area contributed by atoms with E-state index in [9.17, 15) is 9.59 Å². The predicted molar refractivity (Wildman–Crippen MR) is 82.4 cm³/mol. The number of aliphatic carboxylic acids is 1. The Balaban J connectivity index is 1.88. The van der Waals surface area contributed by atoms with Crippen LogP contribution < -0.4 is 0 Å². The number of carbonyl (C=O) groups excluding carboxylic acids is 1. The second kappa shape index (κ2) is 6.93. The van der Waals surface area contributed by atoms with E-state index in [1.807, 2.05) is 36.4 Å². The van der Waals surface area contributed by atoms with E-state index in [1.54, 1.807) is 16.2 Å². The number of nitrogens with zero attached hydrogens (tertiary/aromatic N) is 2. The van der Waals surface area contributed by atoms with Gasteiger partial charge in [0.2, 0.25) is 0 Å². The Morgan fingerprint density at radius 2 is 2.14 bits per heavy atom. The molecule has 1 aromatic heterocycles. The van der Waals surface area contributed by atoms with E-state index in [0.717, 1.165) is 12.8 Å². The molecule has 1 atom stereocenters. The number of thiophene rings is 1. The first-order chi connectivity index (χ1) is 9.99. The quantitative estimate of drug-likeness (QED) is 0.930. The molecule has 0 spiro atoms. The molecule has 0 saturated carbocycles. The van der Waals surface area contributed by atoms with Gasteiger partial charge in [0.15, 0.2) is 0 Å². The maximum Gasteiger partial charge on any atom is 0.320 e. The van der Waals surface area contributed by atoms with Gasteiger partial charge in [-0.3, -0.25) is 4.79 Å². The minimum absolute atomic E-state index is 0.0321. The molecular formula is C15H22N2O3S. The number of carboxylic acids is 1. The molecular weight excluding hydrogens is 288 g/mol. The average molecular weight is 310 g/mol. The third-order valence-electron chi connectivity index (χ3n) is 4.19. The SMILES string of the molecule is CC(c1cccs1)N(C)C(=O)N1CCC(CC(=O)O)CC1. The van der Waals surface area contributed by atoms with Gasteiger partial charge in [-0.25, -0.2) is 4.79 Å². The predicted octanol–water partition coefficient (Wildman–Crippen LogP) is 3.05. The summed E-state index contributed by atoms with van der Waals surface area (Å²) in [4.78, 5) is 28.0. The lowest BCUT2D eigenvalue weighted by Gasteiger charge is -2.36. The van der Waals surface area contributed by atoms with Crippen molar-refractivity contribution in [1.29, 1.82) is 0 Å². The summed E-state index contributed by atoms with van der Waals surface area (Å²) >= 11 is 1.65. The Kier molecular flexibility index (Phi) is 5.22. The number of amides is 2. The molecule has 0 aliphatic carbocycles. The Morgan fingerprint density at radius 1 is 1.48 bits per heavy atom.